The van der Waals surface area contributed by atoms with E-state index in [0.29, 0.717) is 0 Å². The van der Waals surface area contributed by atoms with E-state index in [1.54, 1.807) is 0 Å². The van der Waals surface area contributed by atoms with Crippen molar-refractivity contribution in [3.63, 3.8) is 0 Å². The fourth-order valence-corrected chi connectivity index (χ4v) is 4.90. The molecule has 0 fully saturated rings. The lowest BCUT2D eigenvalue weighted by atomic mass is 10.00. The number of nitrogens with one attached hydrogen (secondary N) is 2. The van der Waals surface area contributed by atoms with Crippen molar-refractivity contribution in [2.75, 3.05) is 18.5 Å². The quantitative estimate of drug-likeness (QED) is 0.288. The summed E-state index contributed by atoms with van der Waals surface area (Å²) in [7, 11) is 2.13. The molecule has 6 heterocycles. The molecular formula is C30H23N5. The minimum absolute atomic E-state index is 0.919. The molecule has 1 aromatic carbocycles. The lowest BCUT2D eigenvalue weighted by Gasteiger charge is -2.24. The maximum Gasteiger partial charge on any atom is 0.0658 e. The number of hydrogen-bond donors (Lipinski definition) is 2. The molecule has 5 nitrogen and oxygen atoms in total. The smallest absolute Gasteiger partial charge is 0.0658 e. The molecular weight excluding hydrogens is 430 g/mol. The second-order valence-electron chi connectivity index (χ2n) is 9.14. The van der Waals surface area contributed by atoms with E-state index in [9.17, 15) is 0 Å². The maximum atomic E-state index is 4.83. The van der Waals surface area contributed by atoms with E-state index in [1.807, 2.05) is 18.2 Å². The molecule has 0 atom stereocenters. The zero-order valence-electron chi connectivity index (χ0n) is 19.3. The van der Waals surface area contributed by atoms with Crippen molar-refractivity contribution in [2.45, 2.75) is 0 Å². The first-order chi connectivity index (χ1) is 17.2. The van der Waals surface area contributed by atoms with Crippen LogP contribution >= 0.6 is 0 Å². The first kappa shape index (κ1) is 19.8. The lowest BCUT2D eigenvalue weighted by molar-refractivity contribution is 1.02. The summed E-state index contributed by atoms with van der Waals surface area (Å²) in [5.74, 6) is 0. The normalized spacial score (nSPS) is 13.9. The number of anilines is 1. The van der Waals surface area contributed by atoms with Crippen molar-refractivity contribution in [3.8, 4) is 11.1 Å². The zero-order chi connectivity index (χ0) is 23.4. The maximum absolute atomic E-state index is 4.83. The van der Waals surface area contributed by atoms with Gasteiger partial charge in [0.05, 0.1) is 22.8 Å². The summed E-state index contributed by atoms with van der Waals surface area (Å²) in [5, 5.41) is 0. The van der Waals surface area contributed by atoms with Crippen LogP contribution in [0.4, 0.5) is 5.69 Å². The van der Waals surface area contributed by atoms with Crippen molar-refractivity contribution in [3.05, 3.63) is 95.1 Å². The monoisotopic (exact) mass is 453 g/mol. The summed E-state index contributed by atoms with van der Waals surface area (Å²) in [6.45, 7) is 0.937. The Morgan fingerprint density at radius 1 is 0.657 bits per heavy atom. The van der Waals surface area contributed by atoms with Crippen molar-refractivity contribution >= 4 is 58.1 Å². The number of hydrogen-bond acceptors (Lipinski definition) is 3. The Morgan fingerprint density at radius 2 is 1.31 bits per heavy atom. The molecule has 0 spiro atoms. The van der Waals surface area contributed by atoms with Gasteiger partial charge in [-0.25, -0.2) is 9.97 Å². The molecule has 5 heteroatoms. The van der Waals surface area contributed by atoms with Crippen LogP contribution < -0.4 is 4.90 Å². The molecule has 35 heavy (non-hydrogen) atoms. The van der Waals surface area contributed by atoms with Gasteiger partial charge >= 0.3 is 0 Å². The third kappa shape index (κ3) is 3.67. The molecule has 0 saturated carbocycles. The number of fused-ring (bicyclic) bond motifs is 9. The second kappa shape index (κ2) is 7.71. The van der Waals surface area contributed by atoms with Gasteiger partial charge in [0, 0.05) is 46.9 Å². The van der Waals surface area contributed by atoms with Crippen LogP contribution in [0.5, 0.6) is 0 Å². The number of rotatable bonds is 1. The largest absolute Gasteiger partial charge is 0.370 e. The third-order valence-corrected chi connectivity index (χ3v) is 6.60. The predicted molar refractivity (Wildman–Crippen MR) is 147 cm³/mol. The van der Waals surface area contributed by atoms with Gasteiger partial charge in [-0.1, -0.05) is 18.2 Å². The van der Waals surface area contributed by atoms with E-state index in [2.05, 4.69) is 101 Å². The molecule has 3 aromatic heterocycles. The topological polar surface area (TPSA) is 60.6 Å². The molecule has 8 bridgehead atoms. The Bertz CT molecular complexity index is 1750. The number of H-pyrrole nitrogens is 2. The van der Waals surface area contributed by atoms with Crippen molar-refractivity contribution in [2.24, 2.45) is 0 Å². The summed E-state index contributed by atoms with van der Waals surface area (Å²) in [4.78, 5) is 18.9. The Kier molecular flexibility index (Phi) is 4.36. The number of likely N-dealkylation sites (N-methyl/N-ethyl adjacent to an activating group) is 1. The molecule has 0 aliphatic carbocycles. The molecule has 0 saturated heterocycles. The van der Waals surface area contributed by atoms with Crippen LogP contribution in [0.2, 0.25) is 0 Å². The van der Waals surface area contributed by atoms with Gasteiger partial charge in [-0.15, -0.1) is 0 Å². The Labute approximate surface area is 202 Å². The minimum atomic E-state index is 0.919. The van der Waals surface area contributed by atoms with E-state index in [4.69, 9.17) is 9.97 Å². The average molecular weight is 454 g/mol. The van der Waals surface area contributed by atoms with Crippen molar-refractivity contribution in [1.82, 2.24) is 19.9 Å². The van der Waals surface area contributed by atoms with Gasteiger partial charge in [-0.3, -0.25) is 0 Å². The molecule has 0 amide bonds. The molecule has 168 valence electrons. The van der Waals surface area contributed by atoms with E-state index in [-0.39, 0.29) is 0 Å². The molecule has 0 unspecified atom stereocenters. The summed E-state index contributed by atoms with van der Waals surface area (Å²) >= 11 is 0. The Morgan fingerprint density at radius 3 is 2.03 bits per heavy atom. The van der Waals surface area contributed by atoms with Crippen LogP contribution in [0.15, 0.2) is 66.7 Å². The summed E-state index contributed by atoms with van der Waals surface area (Å²) in [6.07, 6.45) is 12.6. The highest BCUT2D eigenvalue weighted by Crippen LogP contribution is 2.33. The third-order valence-electron chi connectivity index (χ3n) is 6.60. The van der Waals surface area contributed by atoms with Crippen LogP contribution in [0.3, 0.4) is 0 Å². The SMILES string of the molecule is CN1CC=Cc2cc(-c3cc4cc5nc(cc6ccc(cc7nc(cc3[nH]4)C=C7)[nH]6)C=C5)ccc21. The van der Waals surface area contributed by atoms with Crippen LogP contribution in [0.25, 0.3) is 63.6 Å². The standard InChI is InChI=1S/C30H23N5/c1-35-12-2-3-20-13-19(4-11-30(20)35)28-17-27-16-25-8-7-23(32-25)14-21-5-6-22(31-21)15-24-9-10-26(33-24)18-29(28)34-27/h2-11,13-18,31,34H,12H2,1H3. The Balaban J connectivity index is 1.49. The highest BCUT2D eigenvalue weighted by molar-refractivity contribution is 5.89. The molecule has 4 aromatic rings. The van der Waals surface area contributed by atoms with Crippen molar-refractivity contribution < 1.29 is 0 Å². The fourth-order valence-electron chi connectivity index (χ4n) is 4.90. The average Bonchev–Trinajstić information content (AvgIpc) is 3.64. The molecule has 2 N–H and O–H groups in total. The number of benzene rings is 1. The van der Waals surface area contributed by atoms with Gasteiger partial charge in [0.25, 0.3) is 0 Å². The van der Waals surface area contributed by atoms with Crippen LogP contribution in [0, 0.1) is 0 Å². The van der Waals surface area contributed by atoms with Crippen LogP contribution in [-0.4, -0.2) is 33.5 Å². The first-order valence-electron chi connectivity index (χ1n) is 11.8. The zero-order valence-corrected chi connectivity index (χ0v) is 19.3. The number of nitrogens with zero attached hydrogens (tertiary/aromatic N) is 3. The first-order valence-corrected chi connectivity index (χ1v) is 11.8. The highest BCUT2D eigenvalue weighted by Gasteiger charge is 2.12. The minimum Gasteiger partial charge on any atom is -0.370 e. The molecule has 0 radical (unpaired) electrons. The summed E-state index contributed by atoms with van der Waals surface area (Å²) in [6, 6.07) is 21.3. The van der Waals surface area contributed by atoms with E-state index < -0.39 is 0 Å². The van der Waals surface area contributed by atoms with Gasteiger partial charge in [0.1, 0.15) is 0 Å². The van der Waals surface area contributed by atoms with Gasteiger partial charge < -0.3 is 14.9 Å². The van der Waals surface area contributed by atoms with E-state index in [1.165, 1.54) is 16.8 Å². The van der Waals surface area contributed by atoms with Crippen LogP contribution in [-0.2, 0) is 0 Å². The summed E-state index contributed by atoms with van der Waals surface area (Å²) < 4.78 is 0. The molecule has 3 aliphatic rings. The molecule has 7 rings (SSSR count). The van der Waals surface area contributed by atoms with Gasteiger partial charge in [-0.05, 0) is 90.0 Å². The Hall–Kier alpha value is -4.64. The lowest BCUT2D eigenvalue weighted by Crippen LogP contribution is -2.20. The predicted octanol–water partition coefficient (Wildman–Crippen LogP) is 6.79. The highest BCUT2D eigenvalue weighted by atomic mass is 15.1. The number of aromatic nitrogens is 4. The summed E-state index contributed by atoms with van der Waals surface area (Å²) in [5.41, 5.74) is 12.6. The van der Waals surface area contributed by atoms with E-state index in [0.717, 1.165) is 57.0 Å². The van der Waals surface area contributed by atoms with Gasteiger partial charge in [0.2, 0.25) is 0 Å². The van der Waals surface area contributed by atoms with Crippen LogP contribution in [0.1, 0.15) is 28.3 Å². The second-order valence-corrected chi connectivity index (χ2v) is 9.14. The van der Waals surface area contributed by atoms with Gasteiger partial charge in [-0.2, -0.15) is 0 Å². The number of aromatic amines is 2. The van der Waals surface area contributed by atoms with E-state index >= 15 is 0 Å². The molecule has 3 aliphatic heterocycles. The van der Waals surface area contributed by atoms with Crippen molar-refractivity contribution in [1.29, 1.82) is 0 Å². The fraction of sp³-hybridized carbons (Fsp3) is 0.0667. The van der Waals surface area contributed by atoms with Gasteiger partial charge in [0.15, 0.2) is 0 Å².